The van der Waals surface area contributed by atoms with E-state index in [0.29, 0.717) is 12.5 Å². The van der Waals surface area contributed by atoms with Crippen LogP contribution in [-0.4, -0.2) is 32.0 Å². The molecule has 0 bridgehead atoms. The summed E-state index contributed by atoms with van der Waals surface area (Å²) in [5.41, 5.74) is 6.04. The third kappa shape index (κ3) is 4.49. The van der Waals surface area contributed by atoms with Gasteiger partial charge in [-0.15, -0.1) is 0 Å². The van der Waals surface area contributed by atoms with Gasteiger partial charge < -0.3 is 15.2 Å². The van der Waals surface area contributed by atoms with Crippen molar-refractivity contribution in [3.8, 4) is 0 Å². The largest absolute Gasteiger partial charge is 0.381 e. The number of nitrogens with two attached hydrogens (primary N) is 1. The highest BCUT2D eigenvalue weighted by Crippen LogP contribution is 2.17. The van der Waals surface area contributed by atoms with E-state index in [1.54, 1.807) is 0 Å². The van der Waals surface area contributed by atoms with Crippen molar-refractivity contribution in [3.63, 3.8) is 0 Å². The number of ether oxygens (including phenoxy) is 2. The van der Waals surface area contributed by atoms with Gasteiger partial charge in [0.25, 0.3) is 0 Å². The first-order valence-electron chi connectivity index (χ1n) is 6.14. The van der Waals surface area contributed by atoms with Crippen molar-refractivity contribution >= 4 is 0 Å². The fraction of sp³-hybridized carbons (Fsp3) is 1.00. The maximum absolute atomic E-state index is 6.16. The van der Waals surface area contributed by atoms with Gasteiger partial charge in [-0.1, -0.05) is 13.8 Å². The maximum Gasteiger partial charge on any atom is 0.0646 e. The van der Waals surface area contributed by atoms with Crippen LogP contribution in [0.3, 0.4) is 0 Å². The van der Waals surface area contributed by atoms with Gasteiger partial charge in [0.15, 0.2) is 0 Å². The van der Waals surface area contributed by atoms with Crippen LogP contribution < -0.4 is 5.73 Å². The summed E-state index contributed by atoms with van der Waals surface area (Å²) in [5, 5.41) is 0. The lowest BCUT2D eigenvalue weighted by molar-refractivity contribution is 0.00604. The first-order chi connectivity index (χ1) is 7.20. The average molecular weight is 215 g/mol. The summed E-state index contributed by atoms with van der Waals surface area (Å²) in [6, 6.07) is 0. The molecule has 1 fully saturated rings. The predicted octanol–water partition coefficient (Wildman–Crippen LogP) is 1.95. The first kappa shape index (κ1) is 12.9. The van der Waals surface area contributed by atoms with Crippen molar-refractivity contribution in [2.24, 2.45) is 11.7 Å². The molecule has 0 spiro atoms. The van der Waals surface area contributed by atoms with E-state index in [4.69, 9.17) is 15.2 Å². The lowest BCUT2D eigenvalue weighted by Crippen LogP contribution is -2.43. The highest BCUT2D eigenvalue weighted by Gasteiger charge is 2.21. The van der Waals surface area contributed by atoms with E-state index < -0.39 is 0 Å². The van der Waals surface area contributed by atoms with Crippen molar-refractivity contribution in [2.75, 3.05) is 26.4 Å². The van der Waals surface area contributed by atoms with Crippen LogP contribution in [0.2, 0.25) is 0 Å². The average Bonchev–Trinajstić information content (AvgIpc) is 2.30. The van der Waals surface area contributed by atoms with E-state index >= 15 is 0 Å². The molecule has 1 aliphatic rings. The minimum absolute atomic E-state index is 0.120. The lowest BCUT2D eigenvalue weighted by Gasteiger charge is -2.28. The molecule has 1 heterocycles. The fourth-order valence-electron chi connectivity index (χ4n) is 1.80. The van der Waals surface area contributed by atoms with E-state index in [9.17, 15) is 0 Å². The van der Waals surface area contributed by atoms with Crippen LogP contribution in [0, 0.1) is 5.92 Å². The van der Waals surface area contributed by atoms with E-state index in [1.165, 1.54) is 0 Å². The van der Waals surface area contributed by atoms with Gasteiger partial charge in [-0.3, -0.25) is 0 Å². The van der Waals surface area contributed by atoms with Gasteiger partial charge in [-0.2, -0.15) is 0 Å². The predicted molar refractivity (Wildman–Crippen MR) is 61.9 cm³/mol. The molecule has 0 radical (unpaired) electrons. The lowest BCUT2D eigenvalue weighted by atomic mass is 9.95. The Bertz CT molecular complexity index is 163. The third-order valence-corrected chi connectivity index (χ3v) is 3.49. The molecule has 2 N–H and O–H groups in total. The third-order valence-electron chi connectivity index (χ3n) is 3.49. The summed E-state index contributed by atoms with van der Waals surface area (Å²) >= 11 is 0. The van der Waals surface area contributed by atoms with E-state index in [2.05, 4.69) is 13.8 Å². The molecule has 1 rings (SSSR count). The van der Waals surface area contributed by atoms with Crippen molar-refractivity contribution in [2.45, 2.75) is 45.1 Å². The topological polar surface area (TPSA) is 44.5 Å². The van der Waals surface area contributed by atoms with Crippen molar-refractivity contribution in [1.29, 1.82) is 0 Å². The molecular formula is C12H25NO2. The SMILES string of the molecule is CCC(N)(CC)COCC1CCOCC1. The molecule has 90 valence electrons. The van der Waals surface area contributed by atoms with E-state index in [1.807, 2.05) is 0 Å². The zero-order chi connectivity index (χ0) is 11.1. The molecule has 0 amide bonds. The smallest absolute Gasteiger partial charge is 0.0646 e. The van der Waals surface area contributed by atoms with E-state index in [-0.39, 0.29) is 5.54 Å². The summed E-state index contributed by atoms with van der Waals surface area (Å²) in [5.74, 6) is 0.678. The van der Waals surface area contributed by atoms with Crippen LogP contribution in [0.15, 0.2) is 0 Å². The molecule has 0 saturated carbocycles. The quantitative estimate of drug-likeness (QED) is 0.736. The van der Waals surface area contributed by atoms with Crippen molar-refractivity contribution in [3.05, 3.63) is 0 Å². The Morgan fingerprint density at radius 3 is 2.40 bits per heavy atom. The monoisotopic (exact) mass is 215 g/mol. The Morgan fingerprint density at radius 1 is 1.27 bits per heavy atom. The first-order valence-corrected chi connectivity index (χ1v) is 6.14. The van der Waals surface area contributed by atoms with Gasteiger partial charge in [0.2, 0.25) is 0 Å². The Balaban J connectivity index is 2.14. The van der Waals surface area contributed by atoms with Crippen LogP contribution in [-0.2, 0) is 9.47 Å². The zero-order valence-electron chi connectivity index (χ0n) is 10.1. The van der Waals surface area contributed by atoms with Gasteiger partial charge >= 0.3 is 0 Å². The molecule has 3 heteroatoms. The van der Waals surface area contributed by atoms with Crippen LogP contribution >= 0.6 is 0 Å². The van der Waals surface area contributed by atoms with Gasteiger partial charge in [-0.05, 0) is 31.6 Å². The second-order valence-electron chi connectivity index (χ2n) is 4.64. The van der Waals surface area contributed by atoms with Crippen LogP contribution in [0.5, 0.6) is 0 Å². The standard InChI is InChI=1S/C12H25NO2/c1-3-12(13,4-2)10-15-9-11-5-7-14-8-6-11/h11H,3-10,13H2,1-2H3. The molecular weight excluding hydrogens is 190 g/mol. The molecule has 3 nitrogen and oxygen atoms in total. The number of hydrogen-bond acceptors (Lipinski definition) is 3. The molecule has 1 aliphatic heterocycles. The Kier molecular flexibility index (Phi) is 5.58. The minimum atomic E-state index is -0.120. The molecule has 0 unspecified atom stereocenters. The molecule has 0 aromatic heterocycles. The molecule has 0 atom stereocenters. The molecule has 15 heavy (non-hydrogen) atoms. The number of rotatable bonds is 6. The van der Waals surface area contributed by atoms with Crippen LogP contribution in [0.4, 0.5) is 0 Å². The van der Waals surface area contributed by atoms with Gasteiger partial charge in [0.05, 0.1) is 6.61 Å². The number of hydrogen-bond donors (Lipinski definition) is 1. The molecule has 0 aromatic rings. The second kappa shape index (κ2) is 6.46. The van der Waals surface area contributed by atoms with Crippen molar-refractivity contribution < 1.29 is 9.47 Å². The normalized spacial score (nSPS) is 19.4. The second-order valence-corrected chi connectivity index (χ2v) is 4.64. The highest BCUT2D eigenvalue weighted by molar-refractivity contribution is 4.80. The van der Waals surface area contributed by atoms with Gasteiger partial charge in [-0.25, -0.2) is 0 Å². The summed E-state index contributed by atoms with van der Waals surface area (Å²) in [6.45, 7) is 7.58. The Hall–Kier alpha value is -0.120. The molecule has 0 aliphatic carbocycles. The van der Waals surface area contributed by atoms with Crippen LogP contribution in [0.1, 0.15) is 39.5 Å². The highest BCUT2D eigenvalue weighted by atomic mass is 16.5. The summed E-state index contributed by atoms with van der Waals surface area (Å²) in [6.07, 6.45) is 4.24. The zero-order valence-corrected chi connectivity index (χ0v) is 10.1. The summed E-state index contributed by atoms with van der Waals surface area (Å²) < 4.78 is 11.0. The molecule has 1 saturated heterocycles. The summed E-state index contributed by atoms with van der Waals surface area (Å²) in [4.78, 5) is 0. The Morgan fingerprint density at radius 2 is 1.87 bits per heavy atom. The summed E-state index contributed by atoms with van der Waals surface area (Å²) in [7, 11) is 0. The van der Waals surface area contributed by atoms with Crippen molar-refractivity contribution in [1.82, 2.24) is 0 Å². The minimum Gasteiger partial charge on any atom is -0.381 e. The maximum atomic E-state index is 6.16. The molecule has 0 aromatic carbocycles. The van der Waals surface area contributed by atoms with Crippen LogP contribution in [0.25, 0.3) is 0 Å². The Labute approximate surface area is 93.3 Å². The van der Waals surface area contributed by atoms with Gasteiger partial charge in [0.1, 0.15) is 0 Å². The fourth-order valence-corrected chi connectivity index (χ4v) is 1.80. The van der Waals surface area contributed by atoms with E-state index in [0.717, 1.165) is 45.5 Å². The van der Waals surface area contributed by atoms with Gasteiger partial charge in [0, 0.05) is 25.4 Å².